The molecule has 1 aliphatic rings. The van der Waals surface area contributed by atoms with Crippen LogP contribution in [0.4, 0.5) is 0 Å². The monoisotopic (exact) mass is 328 g/mol. The fourth-order valence-corrected chi connectivity index (χ4v) is 4.15. The third kappa shape index (κ3) is 4.23. The molecule has 0 spiro atoms. The number of thiophene rings is 1. The molecule has 0 radical (unpaired) electrons. The Morgan fingerprint density at radius 2 is 1.87 bits per heavy atom. The predicted octanol–water partition coefficient (Wildman–Crippen LogP) is 6.04. The van der Waals surface area contributed by atoms with E-state index in [0.717, 1.165) is 5.92 Å². The van der Waals surface area contributed by atoms with E-state index in [4.69, 9.17) is 4.74 Å². The van der Waals surface area contributed by atoms with Crippen molar-refractivity contribution in [3.8, 4) is 5.75 Å². The summed E-state index contributed by atoms with van der Waals surface area (Å²) in [7, 11) is 0. The lowest BCUT2D eigenvalue weighted by molar-refractivity contribution is 0.0740. The maximum absolute atomic E-state index is 11.9. The van der Waals surface area contributed by atoms with Crippen LogP contribution in [-0.4, -0.2) is 5.97 Å². The highest BCUT2D eigenvalue weighted by Crippen LogP contribution is 2.37. The van der Waals surface area contributed by atoms with Crippen LogP contribution in [0.5, 0.6) is 5.75 Å². The molecule has 1 fully saturated rings. The molecule has 0 amide bonds. The molecule has 23 heavy (non-hydrogen) atoms. The van der Waals surface area contributed by atoms with E-state index in [-0.39, 0.29) is 5.97 Å². The van der Waals surface area contributed by atoms with Gasteiger partial charge in [0.25, 0.3) is 0 Å². The van der Waals surface area contributed by atoms with E-state index in [1.807, 2.05) is 23.6 Å². The van der Waals surface area contributed by atoms with Gasteiger partial charge in [-0.2, -0.15) is 0 Å². The summed E-state index contributed by atoms with van der Waals surface area (Å²) in [6, 6.07) is 11.8. The van der Waals surface area contributed by atoms with Gasteiger partial charge < -0.3 is 4.74 Å². The van der Waals surface area contributed by atoms with E-state index in [2.05, 4.69) is 19.1 Å². The first-order valence-electron chi connectivity index (χ1n) is 8.62. The van der Waals surface area contributed by atoms with Crippen molar-refractivity contribution in [1.29, 1.82) is 0 Å². The van der Waals surface area contributed by atoms with Crippen molar-refractivity contribution < 1.29 is 9.53 Å². The summed E-state index contributed by atoms with van der Waals surface area (Å²) in [5, 5.41) is 1.88. The van der Waals surface area contributed by atoms with Crippen LogP contribution in [0.1, 0.15) is 66.6 Å². The van der Waals surface area contributed by atoms with E-state index in [1.54, 1.807) is 6.07 Å². The first kappa shape index (κ1) is 16.3. The zero-order valence-corrected chi connectivity index (χ0v) is 14.5. The first-order valence-corrected chi connectivity index (χ1v) is 9.50. The first-order chi connectivity index (χ1) is 11.3. The molecule has 2 aromatic rings. The van der Waals surface area contributed by atoms with Crippen LogP contribution in [0.25, 0.3) is 0 Å². The zero-order chi connectivity index (χ0) is 16.1. The number of carbonyl (C=O) groups excluding carboxylic acids is 1. The summed E-state index contributed by atoms with van der Waals surface area (Å²) in [5.74, 6) is 1.96. The van der Waals surface area contributed by atoms with Gasteiger partial charge in [-0.15, -0.1) is 11.3 Å². The average molecular weight is 328 g/mol. The van der Waals surface area contributed by atoms with Gasteiger partial charge in [-0.3, -0.25) is 0 Å². The van der Waals surface area contributed by atoms with Crippen LogP contribution in [-0.2, 0) is 0 Å². The number of carbonyl (C=O) groups is 1. The van der Waals surface area contributed by atoms with Crippen LogP contribution in [0.2, 0.25) is 0 Å². The van der Waals surface area contributed by atoms with Crippen molar-refractivity contribution in [2.75, 3.05) is 0 Å². The highest BCUT2D eigenvalue weighted by Gasteiger charge is 2.21. The van der Waals surface area contributed by atoms with Crippen LogP contribution >= 0.6 is 11.3 Å². The smallest absolute Gasteiger partial charge is 0.353 e. The Labute approximate surface area is 142 Å². The Morgan fingerprint density at radius 3 is 2.48 bits per heavy atom. The van der Waals surface area contributed by atoms with Crippen molar-refractivity contribution in [3.05, 3.63) is 52.2 Å². The fraction of sp³-hybridized carbons (Fsp3) is 0.450. The number of hydrogen-bond acceptors (Lipinski definition) is 3. The maximum Gasteiger partial charge on any atom is 0.353 e. The van der Waals surface area contributed by atoms with Crippen LogP contribution in [0, 0.1) is 5.92 Å². The fourth-order valence-electron chi connectivity index (χ4n) is 3.55. The average Bonchev–Trinajstić information content (AvgIpc) is 3.11. The Kier molecular flexibility index (Phi) is 5.50. The maximum atomic E-state index is 11.9. The molecular formula is C20H24O2S. The minimum absolute atomic E-state index is 0.271. The standard InChI is InChI=1S/C20H24O2S/c1-2-4-15-6-8-16(9-7-15)17-10-12-18(13-11-17)22-20(21)19-5-3-14-23-19/h3,5,10-16H,2,4,6-9H2,1H3. The summed E-state index contributed by atoms with van der Waals surface area (Å²) in [6.07, 6.45) is 7.98. The number of hydrogen-bond donors (Lipinski definition) is 0. The summed E-state index contributed by atoms with van der Waals surface area (Å²) >= 11 is 1.41. The second-order valence-corrected chi connectivity index (χ2v) is 7.39. The van der Waals surface area contributed by atoms with Gasteiger partial charge in [-0.1, -0.05) is 38.0 Å². The lowest BCUT2D eigenvalue weighted by Crippen LogP contribution is -2.13. The molecule has 0 bridgehead atoms. The second kappa shape index (κ2) is 7.78. The number of esters is 1. The van der Waals surface area contributed by atoms with Crippen molar-refractivity contribution in [2.45, 2.75) is 51.4 Å². The van der Waals surface area contributed by atoms with Crippen molar-refractivity contribution in [1.82, 2.24) is 0 Å². The van der Waals surface area contributed by atoms with E-state index >= 15 is 0 Å². The molecule has 1 aliphatic carbocycles. The molecule has 0 saturated heterocycles. The zero-order valence-electron chi connectivity index (χ0n) is 13.7. The third-order valence-corrected chi connectivity index (χ3v) is 5.68. The topological polar surface area (TPSA) is 26.3 Å². The van der Waals surface area contributed by atoms with Crippen LogP contribution in [0.3, 0.4) is 0 Å². The Bertz CT molecular complexity index is 608. The number of rotatable bonds is 5. The van der Waals surface area contributed by atoms with Gasteiger partial charge in [0, 0.05) is 0 Å². The van der Waals surface area contributed by atoms with Crippen molar-refractivity contribution in [2.24, 2.45) is 5.92 Å². The van der Waals surface area contributed by atoms with Gasteiger partial charge in [0.05, 0.1) is 0 Å². The molecule has 3 rings (SSSR count). The molecule has 1 heterocycles. The lowest BCUT2D eigenvalue weighted by atomic mass is 9.77. The Hall–Kier alpha value is -1.61. The quantitative estimate of drug-likeness (QED) is 0.494. The summed E-state index contributed by atoms with van der Waals surface area (Å²) in [6.45, 7) is 2.28. The largest absolute Gasteiger partial charge is 0.422 e. The van der Waals surface area contributed by atoms with Crippen LogP contribution in [0.15, 0.2) is 41.8 Å². The third-order valence-electron chi connectivity index (χ3n) is 4.83. The van der Waals surface area contributed by atoms with Crippen molar-refractivity contribution >= 4 is 17.3 Å². The van der Waals surface area contributed by atoms with Gasteiger partial charge >= 0.3 is 5.97 Å². The highest BCUT2D eigenvalue weighted by atomic mass is 32.1. The molecule has 1 saturated carbocycles. The number of benzene rings is 1. The van der Waals surface area contributed by atoms with Crippen LogP contribution < -0.4 is 4.74 Å². The van der Waals surface area contributed by atoms with Gasteiger partial charge in [-0.25, -0.2) is 4.79 Å². The summed E-state index contributed by atoms with van der Waals surface area (Å²) in [5.41, 5.74) is 1.39. The molecule has 0 aliphatic heterocycles. The minimum Gasteiger partial charge on any atom is -0.422 e. The Morgan fingerprint density at radius 1 is 1.13 bits per heavy atom. The Balaban J connectivity index is 1.56. The van der Waals surface area contributed by atoms with Gasteiger partial charge in [0.15, 0.2) is 0 Å². The van der Waals surface area contributed by atoms with E-state index in [9.17, 15) is 4.79 Å². The summed E-state index contributed by atoms with van der Waals surface area (Å²) in [4.78, 5) is 12.6. The molecule has 0 N–H and O–H groups in total. The molecule has 1 aromatic carbocycles. The van der Waals surface area contributed by atoms with Gasteiger partial charge in [0.2, 0.25) is 0 Å². The molecule has 122 valence electrons. The predicted molar refractivity (Wildman–Crippen MR) is 95.3 cm³/mol. The SMILES string of the molecule is CCCC1CCC(c2ccc(OC(=O)c3cccs3)cc2)CC1. The van der Waals surface area contributed by atoms with Gasteiger partial charge in [0.1, 0.15) is 10.6 Å². The molecule has 1 aromatic heterocycles. The molecule has 0 atom stereocenters. The number of ether oxygens (including phenoxy) is 1. The summed E-state index contributed by atoms with van der Waals surface area (Å²) < 4.78 is 5.42. The second-order valence-electron chi connectivity index (χ2n) is 6.44. The van der Waals surface area contributed by atoms with Gasteiger partial charge in [-0.05, 0) is 66.7 Å². The molecule has 2 nitrogen and oxygen atoms in total. The normalized spacial score (nSPS) is 21.1. The lowest BCUT2D eigenvalue weighted by Gasteiger charge is -2.28. The molecular weight excluding hydrogens is 304 g/mol. The molecule has 0 unspecified atom stereocenters. The minimum atomic E-state index is -0.271. The van der Waals surface area contributed by atoms with E-state index < -0.39 is 0 Å². The van der Waals surface area contributed by atoms with Crippen molar-refractivity contribution in [3.63, 3.8) is 0 Å². The highest BCUT2D eigenvalue weighted by molar-refractivity contribution is 7.12. The molecule has 3 heteroatoms. The van der Waals surface area contributed by atoms with E-state index in [0.29, 0.717) is 16.5 Å². The van der Waals surface area contributed by atoms with E-state index in [1.165, 1.54) is 55.4 Å².